The number of aromatic nitrogens is 2. The van der Waals surface area contributed by atoms with Gasteiger partial charge < -0.3 is 4.57 Å². The van der Waals surface area contributed by atoms with Crippen LogP contribution in [0.25, 0.3) is 0 Å². The van der Waals surface area contributed by atoms with Gasteiger partial charge in [0.05, 0.1) is 4.92 Å². The first kappa shape index (κ1) is 15.6. The number of nitrogens with zero attached hydrogens (tertiary/aromatic N) is 3. The number of non-ortho nitro benzene ring substituents is 1. The van der Waals surface area contributed by atoms with E-state index in [0.717, 1.165) is 5.56 Å². The summed E-state index contributed by atoms with van der Waals surface area (Å²) in [5.74, 6) is 0.476. The van der Waals surface area contributed by atoms with Crippen molar-refractivity contribution < 1.29 is 13.3 Å². The number of sulfonamides is 1. The number of benzene rings is 1. The predicted octanol–water partition coefficient (Wildman–Crippen LogP) is 1.56. The molecule has 0 atom stereocenters. The molecule has 0 saturated carbocycles. The Morgan fingerprint density at radius 1 is 1.48 bits per heavy atom. The molecule has 0 bridgehead atoms. The van der Waals surface area contributed by atoms with Crippen LogP contribution in [0.4, 0.5) is 5.69 Å². The van der Waals surface area contributed by atoms with Gasteiger partial charge in [0.2, 0.25) is 0 Å². The summed E-state index contributed by atoms with van der Waals surface area (Å²) >= 11 is 3.26. The van der Waals surface area contributed by atoms with Gasteiger partial charge in [0.15, 0.2) is 5.03 Å². The van der Waals surface area contributed by atoms with Gasteiger partial charge in [-0.25, -0.2) is 18.5 Å². The third-order valence-electron chi connectivity index (χ3n) is 2.83. The fraction of sp³-hybridized carbons (Fsp3) is 0.182. The molecule has 0 amide bonds. The number of rotatable bonds is 4. The van der Waals surface area contributed by atoms with Crippen LogP contribution in [0.3, 0.4) is 0 Å². The molecule has 2 rings (SSSR count). The maximum Gasteiger partial charge on any atom is 0.270 e. The largest absolute Gasteiger partial charge is 0.329 e. The van der Waals surface area contributed by atoms with E-state index in [4.69, 9.17) is 5.14 Å². The molecular formula is C11H11BrN4O4S. The van der Waals surface area contributed by atoms with E-state index in [-0.39, 0.29) is 10.7 Å². The van der Waals surface area contributed by atoms with Crippen LogP contribution in [0.2, 0.25) is 0 Å². The standard InChI is InChI=1S/C11H11BrN4O4S/c1-7-14-11(21(13,19)20)6-15(7)5-8-2-3-9(16(17)18)4-10(8)12/h2-4,6H,5H2,1H3,(H2,13,19,20). The first-order valence-corrected chi connectivity index (χ1v) is 8.02. The Kier molecular flexibility index (Phi) is 4.12. The molecule has 0 fully saturated rings. The van der Waals surface area contributed by atoms with Gasteiger partial charge in [0, 0.05) is 29.3 Å². The molecule has 0 spiro atoms. The second kappa shape index (κ2) is 5.54. The van der Waals surface area contributed by atoms with Crippen molar-refractivity contribution in [1.82, 2.24) is 9.55 Å². The van der Waals surface area contributed by atoms with Crippen molar-refractivity contribution in [3.63, 3.8) is 0 Å². The second-order valence-corrected chi connectivity index (χ2v) is 6.69. The Hall–Kier alpha value is -1.78. The number of hydrogen-bond acceptors (Lipinski definition) is 5. The van der Waals surface area contributed by atoms with E-state index >= 15 is 0 Å². The van der Waals surface area contributed by atoms with Crippen LogP contribution in [0, 0.1) is 17.0 Å². The molecular weight excluding hydrogens is 364 g/mol. The zero-order chi connectivity index (χ0) is 15.8. The first-order valence-electron chi connectivity index (χ1n) is 5.68. The summed E-state index contributed by atoms with van der Waals surface area (Å²) in [6, 6.07) is 4.37. The van der Waals surface area contributed by atoms with E-state index < -0.39 is 14.9 Å². The smallest absolute Gasteiger partial charge is 0.270 e. The molecule has 2 aromatic rings. The van der Waals surface area contributed by atoms with Crippen LogP contribution in [-0.4, -0.2) is 22.9 Å². The fourth-order valence-corrected chi connectivity index (χ4v) is 2.76. The molecule has 1 heterocycles. The number of hydrogen-bond donors (Lipinski definition) is 1. The molecule has 0 aliphatic heterocycles. The molecule has 8 nitrogen and oxygen atoms in total. The molecule has 0 aliphatic rings. The summed E-state index contributed by atoms with van der Waals surface area (Å²) in [5, 5.41) is 15.5. The van der Waals surface area contributed by atoms with E-state index in [1.165, 1.54) is 18.3 Å². The van der Waals surface area contributed by atoms with Crippen LogP contribution in [-0.2, 0) is 16.6 Å². The second-order valence-electron chi connectivity index (χ2n) is 4.33. The zero-order valence-electron chi connectivity index (χ0n) is 10.9. The topological polar surface area (TPSA) is 121 Å². The Morgan fingerprint density at radius 3 is 2.62 bits per heavy atom. The van der Waals surface area contributed by atoms with Crippen molar-refractivity contribution in [3.8, 4) is 0 Å². The fourth-order valence-electron chi connectivity index (χ4n) is 1.74. The number of halogens is 1. The minimum absolute atomic E-state index is 0.0294. The van der Waals surface area contributed by atoms with Gasteiger partial charge in [0.25, 0.3) is 15.7 Å². The van der Waals surface area contributed by atoms with Crippen LogP contribution in [0.5, 0.6) is 0 Å². The highest BCUT2D eigenvalue weighted by Gasteiger charge is 2.15. The van der Waals surface area contributed by atoms with Crippen molar-refractivity contribution in [1.29, 1.82) is 0 Å². The lowest BCUT2D eigenvalue weighted by Gasteiger charge is -2.07. The molecule has 112 valence electrons. The lowest BCUT2D eigenvalue weighted by molar-refractivity contribution is -0.384. The summed E-state index contributed by atoms with van der Waals surface area (Å²) in [6.07, 6.45) is 1.33. The van der Waals surface area contributed by atoms with Gasteiger partial charge in [0.1, 0.15) is 5.82 Å². The molecule has 21 heavy (non-hydrogen) atoms. The molecule has 0 unspecified atom stereocenters. The summed E-state index contributed by atoms with van der Waals surface area (Å²) < 4.78 is 24.7. The summed E-state index contributed by atoms with van der Waals surface area (Å²) in [5.41, 5.74) is 0.722. The van der Waals surface area contributed by atoms with E-state index in [2.05, 4.69) is 20.9 Å². The quantitative estimate of drug-likeness (QED) is 0.642. The van der Waals surface area contributed by atoms with Gasteiger partial charge >= 0.3 is 0 Å². The number of primary sulfonamides is 1. The van der Waals surface area contributed by atoms with Gasteiger partial charge in [-0.15, -0.1) is 0 Å². The minimum atomic E-state index is -3.86. The molecule has 0 radical (unpaired) electrons. The average molecular weight is 375 g/mol. The number of nitro groups is 1. The van der Waals surface area contributed by atoms with Crippen molar-refractivity contribution in [2.24, 2.45) is 5.14 Å². The Bertz CT molecular complexity index is 816. The SMILES string of the molecule is Cc1nc(S(N)(=O)=O)cn1Cc1ccc([N+](=O)[O-])cc1Br. The van der Waals surface area contributed by atoms with E-state index in [1.807, 2.05) is 0 Å². The van der Waals surface area contributed by atoms with Gasteiger partial charge in [-0.05, 0) is 18.6 Å². The van der Waals surface area contributed by atoms with Crippen molar-refractivity contribution >= 4 is 31.6 Å². The van der Waals surface area contributed by atoms with Crippen molar-refractivity contribution in [2.75, 3.05) is 0 Å². The third-order valence-corrected chi connectivity index (χ3v) is 4.35. The molecule has 1 aromatic heterocycles. The summed E-state index contributed by atoms with van der Waals surface area (Å²) in [6.45, 7) is 1.96. The van der Waals surface area contributed by atoms with E-state index in [1.54, 1.807) is 17.6 Å². The van der Waals surface area contributed by atoms with Crippen LogP contribution >= 0.6 is 15.9 Å². The predicted molar refractivity (Wildman–Crippen MR) is 78.2 cm³/mol. The Labute approximate surface area is 128 Å². The van der Waals surface area contributed by atoms with Crippen LogP contribution < -0.4 is 5.14 Å². The lowest BCUT2D eigenvalue weighted by Crippen LogP contribution is -2.12. The molecule has 1 aromatic carbocycles. The van der Waals surface area contributed by atoms with Crippen LogP contribution in [0.1, 0.15) is 11.4 Å². The monoisotopic (exact) mass is 374 g/mol. The third kappa shape index (κ3) is 3.46. The van der Waals surface area contributed by atoms with Crippen LogP contribution in [0.15, 0.2) is 33.9 Å². The Balaban J connectivity index is 2.35. The number of imidazole rings is 1. The summed E-state index contributed by atoms with van der Waals surface area (Å²) in [4.78, 5) is 14.1. The zero-order valence-corrected chi connectivity index (χ0v) is 13.3. The number of aryl methyl sites for hydroxylation is 1. The molecule has 10 heteroatoms. The van der Waals surface area contributed by atoms with E-state index in [9.17, 15) is 18.5 Å². The maximum atomic E-state index is 11.3. The van der Waals surface area contributed by atoms with Crippen molar-refractivity contribution in [2.45, 2.75) is 18.5 Å². The molecule has 2 N–H and O–H groups in total. The average Bonchev–Trinajstić information content (AvgIpc) is 2.73. The normalized spacial score (nSPS) is 11.6. The molecule has 0 saturated heterocycles. The Morgan fingerprint density at radius 2 is 2.14 bits per heavy atom. The highest BCUT2D eigenvalue weighted by Crippen LogP contribution is 2.24. The molecule has 0 aliphatic carbocycles. The minimum Gasteiger partial charge on any atom is -0.329 e. The van der Waals surface area contributed by atoms with Gasteiger partial charge in [-0.1, -0.05) is 15.9 Å². The maximum absolute atomic E-state index is 11.3. The number of nitrogens with two attached hydrogens (primary N) is 1. The highest BCUT2D eigenvalue weighted by atomic mass is 79.9. The highest BCUT2D eigenvalue weighted by molar-refractivity contribution is 9.10. The van der Waals surface area contributed by atoms with E-state index in [0.29, 0.717) is 16.8 Å². The number of nitro benzene ring substituents is 1. The van der Waals surface area contributed by atoms with Gasteiger partial charge in [-0.2, -0.15) is 0 Å². The first-order chi connectivity index (χ1) is 9.68. The van der Waals surface area contributed by atoms with Crippen molar-refractivity contribution in [3.05, 3.63) is 50.4 Å². The lowest BCUT2D eigenvalue weighted by atomic mass is 10.2. The van der Waals surface area contributed by atoms with Gasteiger partial charge in [-0.3, -0.25) is 10.1 Å². The summed E-state index contributed by atoms with van der Waals surface area (Å²) in [7, 11) is -3.86.